The van der Waals surface area contributed by atoms with Crippen LogP contribution in [0.1, 0.15) is 22.3 Å². The van der Waals surface area contributed by atoms with Crippen LogP contribution in [0.4, 0.5) is 11.4 Å². The Morgan fingerprint density at radius 3 is 2.20 bits per heavy atom. The van der Waals surface area contributed by atoms with Crippen molar-refractivity contribution in [1.29, 1.82) is 0 Å². The van der Waals surface area contributed by atoms with E-state index in [4.69, 9.17) is 12.2 Å². The Hall–Kier alpha value is -3.45. The van der Waals surface area contributed by atoms with Crippen LogP contribution in [0.25, 0.3) is 0 Å². The van der Waals surface area contributed by atoms with Crippen LogP contribution in [-0.4, -0.2) is 24.7 Å². The summed E-state index contributed by atoms with van der Waals surface area (Å²) in [5, 5.41) is 15.7. The van der Waals surface area contributed by atoms with Gasteiger partial charge >= 0.3 is 0 Å². The second kappa shape index (κ2) is 8.92. The lowest BCUT2D eigenvalue weighted by atomic mass is 10.1. The Balaban J connectivity index is 1.32. The van der Waals surface area contributed by atoms with Gasteiger partial charge in [-0.25, -0.2) is 0 Å². The zero-order valence-corrected chi connectivity index (χ0v) is 17.9. The SMILES string of the molecule is Cc1cccc(Cn2cc(NC(=S)Nc3cnn(Cc4ccccc4C)c3)cn2)c1. The number of rotatable bonds is 6. The summed E-state index contributed by atoms with van der Waals surface area (Å²) in [6.45, 7) is 5.64. The number of thiocarbonyl (C=S) groups is 1. The third-order valence-electron chi connectivity index (χ3n) is 4.80. The van der Waals surface area contributed by atoms with Crippen LogP contribution in [0.15, 0.2) is 73.3 Å². The molecule has 0 unspecified atom stereocenters. The molecule has 4 aromatic rings. The minimum atomic E-state index is 0.501. The maximum atomic E-state index is 5.44. The van der Waals surface area contributed by atoms with Crippen LogP contribution in [0.5, 0.6) is 0 Å². The zero-order chi connectivity index (χ0) is 20.9. The van der Waals surface area contributed by atoms with Crippen molar-refractivity contribution in [3.05, 3.63) is 95.6 Å². The van der Waals surface area contributed by atoms with E-state index in [1.54, 1.807) is 12.4 Å². The molecule has 0 aliphatic carbocycles. The molecule has 7 heteroatoms. The van der Waals surface area contributed by atoms with Gasteiger partial charge in [-0.2, -0.15) is 10.2 Å². The summed E-state index contributed by atoms with van der Waals surface area (Å²) < 4.78 is 3.78. The summed E-state index contributed by atoms with van der Waals surface area (Å²) in [6, 6.07) is 16.7. The van der Waals surface area contributed by atoms with Crippen molar-refractivity contribution in [3.8, 4) is 0 Å². The van der Waals surface area contributed by atoms with Crippen molar-refractivity contribution in [2.24, 2.45) is 0 Å². The molecule has 30 heavy (non-hydrogen) atoms. The fourth-order valence-corrected chi connectivity index (χ4v) is 3.52. The molecule has 0 saturated carbocycles. The first-order chi connectivity index (χ1) is 14.5. The smallest absolute Gasteiger partial charge is 0.175 e. The van der Waals surface area contributed by atoms with Gasteiger partial charge in [0, 0.05) is 12.4 Å². The number of hydrogen-bond acceptors (Lipinski definition) is 3. The Kier molecular flexibility index (Phi) is 5.90. The zero-order valence-electron chi connectivity index (χ0n) is 17.0. The highest BCUT2D eigenvalue weighted by Gasteiger charge is 2.06. The normalized spacial score (nSPS) is 10.7. The lowest BCUT2D eigenvalue weighted by Crippen LogP contribution is -2.18. The average molecular weight is 417 g/mol. The first kappa shape index (κ1) is 19.8. The van der Waals surface area contributed by atoms with Crippen LogP contribution in [0.2, 0.25) is 0 Å². The van der Waals surface area contributed by atoms with E-state index in [1.165, 1.54) is 22.3 Å². The molecular formula is C23H24N6S. The number of nitrogens with one attached hydrogen (secondary N) is 2. The third-order valence-corrected chi connectivity index (χ3v) is 5.01. The lowest BCUT2D eigenvalue weighted by Gasteiger charge is -2.07. The van der Waals surface area contributed by atoms with E-state index in [1.807, 2.05) is 33.9 Å². The molecule has 0 saturated heterocycles. The topological polar surface area (TPSA) is 59.7 Å². The maximum absolute atomic E-state index is 5.44. The van der Waals surface area contributed by atoms with Crippen LogP contribution >= 0.6 is 12.2 Å². The molecule has 0 atom stereocenters. The van der Waals surface area contributed by atoms with Crippen molar-refractivity contribution in [2.45, 2.75) is 26.9 Å². The van der Waals surface area contributed by atoms with E-state index in [0.29, 0.717) is 5.11 Å². The van der Waals surface area contributed by atoms with Crippen molar-refractivity contribution in [1.82, 2.24) is 19.6 Å². The standard InChI is InChI=1S/C23H24N6S/c1-17-6-5-8-19(10-17)13-28-15-21(11-24-28)26-23(30)27-22-12-25-29(16-22)14-20-9-4-3-7-18(20)2/h3-12,15-16H,13-14H2,1-2H3,(H2,26,27,30). The number of anilines is 2. The predicted octanol–water partition coefficient (Wildman–Crippen LogP) is 4.60. The molecule has 6 nitrogen and oxygen atoms in total. The number of hydrogen-bond donors (Lipinski definition) is 2. The van der Waals surface area contributed by atoms with Crippen molar-refractivity contribution in [3.63, 3.8) is 0 Å². The number of aromatic nitrogens is 4. The van der Waals surface area contributed by atoms with E-state index in [9.17, 15) is 0 Å². The molecular weight excluding hydrogens is 392 g/mol. The molecule has 2 N–H and O–H groups in total. The molecule has 152 valence electrons. The Labute approximate surface area is 181 Å². The number of aryl methyl sites for hydroxylation is 2. The molecule has 0 fully saturated rings. The molecule has 0 bridgehead atoms. The lowest BCUT2D eigenvalue weighted by molar-refractivity contribution is 0.684. The third kappa shape index (κ3) is 5.12. The monoisotopic (exact) mass is 416 g/mol. The van der Waals surface area contributed by atoms with Gasteiger partial charge in [0.15, 0.2) is 5.11 Å². The van der Waals surface area contributed by atoms with Gasteiger partial charge in [-0.3, -0.25) is 9.36 Å². The summed E-state index contributed by atoms with van der Waals surface area (Å²) in [7, 11) is 0. The summed E-state index contributed by atoms with van der Waals surface area (Å²) >= 11 is 5.44. The minimum absolute atomic E-state index is 0.501. The minimum Gasteiger partial charge on any atom is -0.330 e. The second-order valence-corrected chi connectivity index (χ2v) is 7.76. The maximum Gasteiger partial charge on any atom is 0.175 e. The average Bonchev–Trinajstić information content (AvgIpc) is 3.33. The van der Waals surface area contributed by atoms with Crippen molar-refractivity contribution < 1.29 is 0 Å². The molecule has 0 spiro atoms. The molecule has 4 rings (SSSR count). The molecule has 0 radical (unpaired) electrons. The fraction of sp³-hybridized carbons (Fsp3) is 0.174. The predicted molar refractivity (Wildman–Crippen MR) is 125 cm³/mol. The molecule has 2 aromatic carbocycles. The largest absolute Gasteiger partial charge is 0.330 e. The van der Waals surface area contributed by atoms with Crippen LogP contribution < -0.4 is 10.6 Å². The molecule has 2 aromatic heterocycles. The molecule has 0 aliphatic heterocycles. The van der Waals surface area contributed by atoms with Gasteiger partial charge in [0.25, 0.3) is 0 Å². The van der Waals surface area contributed by atoms with Crippen LogP contribution in [-0.2, 0) is 13.1 Å². The van der Waals surface area contributed by atoms with Gasteiger partial charge in [0.1, 0.15) is 0 Å². The number of nitrogens with zero attached hydrogens (tertiary/aromatic N) is 4. The van der Waals surface area contributed by atoms with E-state index < -0.39 is 0 Å². The summed E-state index contributed by atoms with van der Waals surface area (Å²) in [5.74, 6) is 0. The quantitative estimate of drug-likeness (QED) is 0.450. The van der Waals surface area contributed by atoms with Crippen LogP contribution in [0.3, 0.4) is 0 Å². The van der Waals surface area contributed by atoms with Crippen LogP contribution in [0, 0.1) is 13.8 Å². The highest BCUT2D eigenvalue weighted by Crippen LogP contribution is 2.13. The molecule has 2 heterocycles. The number of benzene rings is 2. The first-order valence-electron chi connectivity index (χ1n) is 9.78. The van der Waals surface area contributed by atoms with Crippen molar-refractivity contribution >= 4 is 28.7 Å². The molecule has 0 aliphatic rings. The fourth-order valence-electron chi connectivity index (χ4n) is 3.28. The van der Waals surface area contributed by atoms with E-state index in [0.717, 1.165) is 24.5 Å². The van der Waals surface area contributed by atoms with Gasteiger partial charge in [-0.1, -0.05) is 54.1 Å². The Bertz CT molecular complexity index is 1160. The van der Waals surface area contributed by atoms with Gasteiger partial charge < -0.3 is 10.6 Å². The van der Waals surface area contributed by atoms with Crippen molar-refractivity contribution in [2.75, 3.05) is 10.6 Å². The summed E-state index contributed by atoms with van der Waals surface area (Å²) in [4.78, 5) is 0. The first-order valence-corrected chi connectivity index (χ1v) is 10.2. The molecule has 0 amide bonds. The van der Waals surface area contributed by atoms with Gasteiger partial charge in [-0.05, 0) is 42.8 Å². The van der Waals surface area contributed by atoms with E-state index >= 15 is 0 Å². The van der Waals surface area contributed by atoms with Gasteiger partial charge in [0.2, 0.25) is 0 Å². The Morgan fingerprint density at radius 2 is 1.53 bits per heavy atom. The highest BCUT2D eigenvalue weighted by atomic mass is 32.1. The van der Waals surface area contributed by atoms with Gasteiger partial charge in [-0.15, -0.1) is 0 Å². The van der Waals surface area contributed by atoms with E-state index in [-0.39, 0.29) is 0 Å². The van der Waals surface area contributed by atoms with E-state index in [2.05, 4.69) is 71.1 Å². The summed E-state index contributed by atoms with van der Waals surface area (Å²) in [6.07, 6.45) is 7.43. The summed E-state index contributed by atoms with van der Waals surface area (Å²) in [5.41, 5.74) is 6.63. The van der Waals surface area contributed by atoms with Gasteiger partial charge in [0.05, 0.1) is 36.9 Å². The highest BCUT2D eigenvalue weighted by molar-refractivity contribution is 7.80. The second-order valence-electron chi connectivity index (χ2n) is 7.35. The Morgan fingerprint density at radius 1 is 0.867 bits per heavy atom.